The average molecular weight is 209 g/mol. The first-order valence-corrected chi connectivity index (χ1v) is 5.34. The van der Waals surface area contributed by atoms with Gasteiger partial charge in [0, 0.05) is 23.1 Å². The number of hydrogen-bond acceptors (Lipinski definition) is 2. The SMILES string of the molecule is [NH][C@@H](CSc1ccccc1)CC(N)=O. The van der Waals surface area contributed by atoms with Gasteiger partial charge in [-0.25, -0.2) is 0 Å². The molecular formula is C10H13N2OS. The fourth-order valence-corrected chi connectivity index (χ4v) is 1.88. The van der Waals surface area contributed by atoms with Crippen molar-refractivity contribution in [3.63, 3.8) is 0 Å². The molecule has 0 fully saturated rings. The van der Waals surface area contributed by atoms with Crippen LogP contribution >= 0.6 is 11.8 Å². The minimum absolute atomic E-state index is 0.139. The van der Waals surface area contributed by atoms with Crippen LogP contribution in [-0.2, 0) is 4.79 Å². The molecule has 0 aliphatic rings. The topological polar surface area (TPSA) is 66.9 Å². The van der Waals surface area contributed by atoms with Crippen LogP contribution in [0.1, 0.15) is 6.42 Å². The van der Waals surface area contributed by atoms with Crippen molar-refractivity contribution in [3.8, 4) is 0 Å². The van der Waals surface area contributed by atoms with Crippen molar-refractivity contribution in [3.05, 3.63) is 30.3 Å². The highest BCUT2D eigenvalue weighted by Crippen LogP contribution is 2.18. The third-order valence-electron chi connectivity index (χ3n) is 1.64. The summed E-state index contributed by atoms with van der Waals surface area (Å²) in [7, 11) is 0. The van der Waals surface area contributed by atoms with E-state index in [4.69, 9.17) is 11.5 Å². The highest BCUT2D eigenvalue weighted by Gasteiger charge is 2.07. The normalized spacial score (nSPS) is 12.4. The molecule has 3 nitrogen and oxygen atoms in total. The largest absolute Gasteiger partial charge is 0.370 e. The van der Waals surface area contributed by atoms with Gasteiger partial charge in [-0.3, -0.25) is 10.5 Å². The highest BCUT2D eigenvalue weighted by atomic mass is 32.2. The van der Waals surface area contributed by atoms with Gasteiger partial charge >= 0.3 is 0 Å². The van der Waals surface area contributed by atoms with Gasteiger partial charge in [0.05, 0.1) is 0 Å². The summed E-state index contributed by atoms with van der Waals surface area (Å²) in [6, 6.07) is 9.43. The lowest BCUT2D eigenvalue weighted by Crippen LogP contribution is -2.22. The standard InChI is InChI=1S/C10H13N2OS/c11-8(6-10(12)13)7-14-9-4-2-1-3-5-9/h1-5,8,11H,6-7H2,(H2,12,13)/t8-/m1/s1. The molecule has 0 saturated carbocycles. The number of nitrogens with one attached hydrogen (secondary N) is 1. The molecule has 0 bridgehead atoms. The molecule has 0 aliphatic carbocycles. The van der Waals surface area contributed by atoms with Gasteiger partial charge in [-0.1, -0.05) is 18.2 Å². The van der Waals surface area contributed by atoms with Crippen molar-refractivity contribution in [2.45, 2.75) is 17.4 Å². The first-order chi connectivity index (χ1) is 6.68. The summed E-state index contributed by atoms with van der Waals surface area (Å²) in [4.78, 5) is 11.6. The average Bonchev–Trinajstić information content (AvgIpc) is 2.15. The maximum atomic E-state index is 10.5. The summed E-state index contributed by atoms with van der Waals surface area (Å²) in [5.41, 5.74) is 12.5. The second-order valence-electron chi connectivity index (χ2n) is 2.99. The zero-order valence-corrected chi connectivity index (χ0v) is 8.59. The molecule has 0 aliphatic heterocycles. The van der Waals surface area contributed by atoms with E-state index in [2.05, 4.69) is 0 Å². The van der Waals surface area contributed by atoms with E-state index in [-0.39, 0.29) is 6.42 Å². The summed E-state index contributed by atoms with van der Waals surface area (Å²) in [5, 5.41) is 0. The maximum Gasteiger partial charge on any atom is 0.219 e. The predicted molar refractivity (Wildman–Crippen MR) is 57.9 cm³/mol. The Balaban J connectivity index is 2.30. The quantitative estimate of drug-likeness (QED) is 0.743. The Labute approximate surface area is 87.9 Å². The van der Waals surface area contributed by atoms with Gasteiger partial charge in [-0.05, 0) is 12.1 Å². The molecule has 75 valence electrons. The monoisotopic (exact) mass is 209 g/mol. The van der Waals surface area contributed by atoms with Gasteiger partial charge in [0.25, 0.3) is 0 Å². The minimum Gasteiger partial charge on any atom is -0.370 e. The summed E-state index contributed by atoms with van der Waals surface area (Å²) in [6.45, 7) is 0. The molecular weight excluding hydrogens is 196 g/mol. The van der Waals surface area contributed by atoms with Crippen LogP contribution in [0, 0.1) is 0 Å². The Morgan fingerprint density at radius 3 is 2.64 bits per heavy atom. The lowest BCUT2D eigenvalue weighted by atomic mass is 10.2. The molecule has 1 aromatic carbocycles. The summed E-state index contributed by atoms with van der Waals surface area (Å²) in [5.74, 6) is 0.200. The zero-order chi connectivity index (χ0) is 10.4. The third kappa shape index (κ3) is 4.30. The zero-order valence-electron chi connectivity index (χ0n) is 7.77. The Hall–Kier alpha value is -1.00. The van der Waals surface area contributed by atoms with E-state index in [9.17, 15) is 4.79 Å². The summed E-state index contributed by atoms with van der Waals surface area (Å²) < 4.78 is 0. The molecule has 0 unspecified atom stereocenters. The summed E-state index contributed by atoms with van der Waals surface area (Å²) >= 11 is 1.58. The Morgan fingerprint density at radius 1 is 1.43 bits per heavy atom. The number of primary amides is 1. The second kappa shape index (κ2) is 5.67. The van der Waals surface area contributed by atoms with Crippen molar-refractivity contribution in [2.75, 3.05) is 5.75 Å². The van der Waals surface area contributed by atoms with Crippen LogP contribution in [0.15, 0.2) is 35.2 Å². The van der Waals surface area contributed by atoms with Crippen LogP contribution < -0.4 is 11.5 Å². The second-order valence-corrected chi connectivity index (χ2v) is 4.08. The van der Waals surface area contributed by atoms with Gasteiger partial charge in [0.15, 0.2) is 0 Å². The molecule has 0 aromatic heterocycles. The molecule has 1 radical (unpaired) electrons. The van der Waals surface area contributed by atoms with E-state index in [0.717, 1.165) is 4.90 Å². The van der Waals surface area contributed by atoms with Crippen molar-refractivity contribution < 1.29 is 4.79 Å². The van der Waals surface area contributed by atoms with Crippen molar-refractivity contribution in [1.29, 1.82) is 0 Å². The van der Waals surface area contributed by atoms with Crippen LogP contribution in [0.4, 0.5) is 0 Å². The van der Waals surface area contributed by atoms with Crippen LogP contribution in [0.2, 0.25) is 0 Å². The first-order valence-electron chi connectivity index (χ1n) is 4.36. The molecule has 1 aromatic rings. The predicted octanol–water partition coefficient (Wildman–Crippen LogP) is 1.31. The molecule has 3 N–H and O–H groups in total. The van der Waals surface area contributed by atoms with Crippen molar-refractivity contribution >= 4 is 17.7 Å². The molecule has 0 heterocycles. The number of carbonyl (C=O) groups is 1. The van der Waals surface area contributed by atoms with Crippen LogP contribution in [0.25, 0.3) is 0 Å². The molecule has 1 atom stereocenters. The number of carbonyl (C=O) groups excluding carboxylic acids is 1. The number of benzene rings is 1. The Kier molecular flexibility index (Phi) is 4.49. The number of hydrogen-bond donors (Lipinski definition) is 1. The Bertz CT molecular complexity index is 289. The first kappa shape index (κ1) is 11.1. The number of nitrogens with two attached hydrogens (primary N) is 1. The van der Waals surface area contributed by atoms with E-state index >= 15 is 0 Å². The van der Waals surface area contributed by atoms with Crippen molar-refractivity contribution in [2.24, 2.45) is 5.73 Å². The van der Waals surface area contributed by atoms with Gasteiger partial charge in [0.2, 0.25) is 5.91 Å². The van der Waals surface area contributed by atoms with Gasteiger partial charge in [0.1, 0.15) is 0 Å². The lowest BCUT2D eigenvalue weighted by Gasteiger charge is -2.07. The highest BCUT2D eigenvalue weighted by molar-refractivity contribution is 7.99. The number of thioether (sulfide) groups is 1. The maximum absolute atomic E-state index is 10.5. The molecule has 0 saturated heterocycles. The van der Waals surface area contributed by atoms with E-state index in [1.807, 2.05) is 30.3 Å². The number of amides is 1. The summed E-state index contributed by atoms with van der Waals surface area (Å²) in [6.07, 6.45) is 0.139. The van der Waals surface area contributed by atoms with E-state index in [0.29, 0.717) is 5.75 Å². The Morgan fingerprint density at radius 2 is 2.07 bits per heavy atom. The third-order valence-corrected chi connectivity index (χ3v) is 2.82. The fourth-order valence-electron chi connectivity index (χ4n) is 1.02. The smallest absolute Gasteiger partial charge is 0.219 e. The molecule has 4 heteroatoms. The molecule has 1 rings (SSSR count). The van der Waals surface area contributed by atoms with Crippen LogP contribution in [-0.4, -0.2) is 17.7 Å². The molecule has 0 spiro atoms. The van der Waals surface area contributed by atoms with Gasteiger partial charge in [-0.2, -0.15) is 0 Å². The molecule has 14 heavy (non-hydrogen) atoms. The van der Waals surface area contributed by atoms with Crippen LogP contribution in [0.3, 0.4) is 0 Å². The lowest BCUT2D eigenvalue weighted by molar-refractivity contribution is -0.118. The van der Waals surface area contributed by atoms with E-state index < -0.39 is 11.9 Å². The van der Waals surface area contributed by atoms with E-state index in [1.54, 1.807) is 11.8 Å². The van der Waals surface area contributed by atoms with E-state index in [1.165, 1.54) is 0 Å². The molecule has 1 amide bonds. The van der Waals surface area contributed by atoms with Crippen LogP contribution in [0.5, 0.6) is 0 Å². The van der Waals surface area contributed by atoms with Gasteiger partial charge in [-0.15, -0.1) is 11.8 Å². The van der Waals surface area contributed by atoms with Crippen molar-refractivity contribution in [1.82, 2.24) is 5.73 Å². The fraction of sp³-hybridized carbons (Fsp3) is 0.300. The minimum atomic E-state index is -0.405. The van der Waals surface area contributed by atoms with Gasteiger partial charge < -0.3 is 5.73 Å². The number of rotatable bonds is 5.